The van der Waals surface area contributed by atoms with Crippen molar-refractivity contribution in [2.75, 3.05) is 0 Å². The molecule has 2 atom stereocenters. The molecule has 0 fully saturated rings. The average molecular weight is 369 g/mol. The number of carboxylic acid groups (broad SMARTS) is 1. The Hall–Kier alpha value is -1.20. The zero-order valence-corrected chi connectivity index (χ0v) is 16.6. The second kappa shape index (κ2) is 8.00. The van der Waals surface area contributed by atoms with Crippen molar-refractivity contribution in [3.8, 4) is 0 Å². The van der Waals surface area contributed by atoms with Crippen LogP contribution in [0, 0.1) is 19.3 Å². The SMILES string of the molecule is CCCC(F)OC(C(=O)O)c1c(C)sc(C)c1C1=CCC(C)(C)CC1. The predicted octanol–water partition coefficient (Wildman–Crippen LogP) is 6.20. The van der Waals surface area contributed by atoms with Crippen molar-refractivity contribution < 1.29 is 19.0 Å². The van der Waals surface area contributed by atoms with Crippen LogP contribution < -0.4 is 0 Å². The van der Waals surface area contributed by atoms with Gasteiger partial charge in [0.15, 0.2) is 12.5 Å². The van der Waals surface area contributed by atoms with Gasteiger partial charge in [-0.2, -0.15) is 0 Å². The summed E-state index contributed by atoms with van der Waals surface area (Å²) in [6.07, 6.45) is 3.18. The molecule has 0 spiro atoms. The third-order valence-corrected chi connectivity index (χ3v) is 5.92. The minimum atomic E-state index is -1.56. The van der Waals surface area contributed by atoms with Crippen molar-refractivity contribution >= 4 is 22.9 Å². The fraction of sp³-hybridized carbons (Fsp3) is 0.650. The fourth-order valence-electron chi connectivity index (χ4n) is 3.41. The number of carboxylic acids is 1. The summed E-state index contributed by atoms with van der Waals surface area (Å²) in [5.74, 6) is -1.13. The van der Waals surface area contributed by atoms with Crippen molar-refractivity contribution in [3.63, 3.8) is 0 Å². The quantitative estimate of drug-likeness (QED) is 0.623. The van der Waals surface area contributed by atoms with E-state index in [4.69, 9.17) is 4.74 Å². The maximum absolute atomic E-state index is 14.0. The molecule has 140 valence electrons. The Labute approximate surface area is 153 Å². The highest BCUT2D eigenvalue weighted by atomic mass is 32.1. The van der Waals surface area contributed by atoms with Gasteiger partial charge >= 0.3 is 5.97 Å². The second-order valence-corrected chi connectivity index (χ2v) is 9.08. The Balaban J connectivity index is 2.43. The summed E-state index contributed by atoms with van der Waals surface area (Å²) in [7, 11) is 0. The monoisotopic (exact) mass is 368 g/mol. The van der Waals surface area contributed by atoms with Gasteiger partial charge in [-0.15, -0.1) is 11.3 Å². The molecular formula is C20H29FO3S. The highest BCUT2D eigenvalue weighted by Gasteiger charge is 2.33. The maximum atomic E-state index is 14.0. The molecule has 1 N–H and O–H groups in total. The van der Waals surface area contributed by atoms with Crippen molar-refractivity contribution in [1.82, 2.24) is 0 Å². The highest BCUT2D eigenvalue weighted by molar-refractivity contribution is 7.12. The summed E-state index contributed by atoms with van der Waals surface area (Å²) < 4.78 is 19.3. The number of aryl methyl sites for hydroxylation is 2. The van der Waals surface area contributed by atoms with Crippen LogP contribution in [0.3, 0.4) is 0 Å². The maximum Gasteiger partial charge on any atom is 0.337 e. The largest absolute Gasteiger partial charge is 0.479 e. The van der Waals surface area contributed by atoms with E-state index in [1.54, 1.807) is 11.3 Å². The van der Waals surface area contributed by atoms with Crippen molar-refractivity contribution in [3.05, 3.63) is 27.0 Å². The summed E-state index contributed by atoms with van der Waals surface area (Å²) in [5, 5.41) is 9.68. The van der Waals surface area contributed by atoms with Crippen LogP contribution in [0.4, 0.5) is 4.39 Å². The number of rotatable bonds is 7. The van der Waals surface area contributed by atoms with E-state index in [0.717, 1.165) is 34.6 Å². The number of hydrogen-bond donors (Lipinski definition) is 1. The first kappa shape index (κ1) is 20.1. The van der Waals surface area contributed by atoms with Gasteiger partial charge in [0.2, 0.25) is 0 Å². The summed E-state index contributed by atoms with van der Waals surface area (Å²) in [5.41, 5.74) is 3.06. The van der Waals surface area contributed by atoms with Gasteiger partial charge in [-0.1, -0.05) is 33.3 Å². The van der Waals surface area contributed by atoms with Crippen LogP contribution >= 0.6 is 11.3 Å². The lowest BCUT2D eigenvalue weighted by molar-refractivity contribution is -0.164. The smallest absolute Gasteiger partial charge is 0.337 e. The first-order valence-electron chi connectivity index (χ1n) is 8.98. The van der Waals surface area contributed by atoms with Crippen molar-refractivity contribution in [2.45, 2.75) is 79.2 Å². The molecule has 0 radical (unpaired) electrons. The number of carbonyl (C=O) groups is 1. The molecular weight excluding hydrogens is 339 g/mol. The molecule has 0 aliphatic heterocycles. The predicted molar refractivity (Wildman–Crippen MR) is 101 cm³/mol. The molecule has 0 saturated carbocycles. The molecule has 0 saturated heterocycles. The van der Waals surface area contributed by atoms with E-state index in [1.165, 1.54) is 5.57 Å². The molecule has 3 nitrogen and oxygen atoms in total. The zero-order valence-electron chi connectivity index (χ0n) is 15.8. The summed E-state index contributed by atoms with van der Waals surface area (Å²) in [6.45, 7) is 10.2. The Morgan fingerprint density at radius 1 is 1.40 bits per heavy atom. The van der Waals surface area contributed by atoms with E-state index in [0.29, 0.717) is 12.0 Å². The van der Waals surface area contributed by atoms with Crippen LogP contribution in [0.2, 0.25) is 0 Å². The lowest BCUT2D eigenvalue weighted by Gasteiger charge is -2.29. The molecule has 1 aromatic heterocycles. The molecule has 2 unspecified atom stereocenters. The second-order valence-electron chi connectivity index (χ2n) is 7.65. The van der Waals surface area contributed by atoms with Crippen LogP contribution in [-0.2, 0) is 9.53 Å². The Morgan fingerprint density at radius 3 is 2.60 bits per heavy atom. The Kier molecular flexibility index (Phi) is 6.44. The number of hydrogen-bond acceptors (Lipinski definition) is 3. The molecule has 1 aliphatic carbocycles. The van der Waals surface area contributed by atoms with E-state index in [9.17, 15) is 14.3 Å². The summed E-state index contributed by atoms with van der Waals surface area (Å²) in [6, 6.07) is 0. The van der Waals surface area contributed by atoms with Crippen LogP contribution in [0.15, 0.2) is 6.08 Å². The van der Waals surface area contributed by atoms with Crippen molar-refractivity contribution in [1.29, 1.82) is 0 Å². The first-order valence-corrected chi connectivity index (χ1v) is 9.79. The van der Waals surface area contributed by atoms with E-state index in [1.807, 2.05) is 20.8 Å². The van der Waals surface area contributed by atoms with Crippen LogP contribution in [0.1, 0.15) is 79.9 Å². The third kappa shape index (κ3) is 4.70. The number of aliphatic carboxylic acids is 1. The van der Waals surface area contributed by atoms with Crippen molar-refractivity contribution in [2.24, 2.45) is 5.41 Å². The van der Waals surface area contributed by atoms with Gasteiger partial charge in [0, 0.05) is 21.7 Å². The van der Waals surface area contributed by atoms with Gasteiger partial charge in [0.1, 0.15) is 0 Å². The molecule has 0 bridgehead atoms. The summed E-state index contributed by atoms with van der Waals surface area (Å²) in [4.78, 5) is 13.8. The third-order valence-electron chi connectivity index (χ3n) is 4.89. The molecule has 0 aromatic carbocycles. The molecule has 25 heavy (non-hydrogen) atoms. The van der Waals surface area contributed by atoms with E-state index >= 15 is 0 Å². The van der Waals surface area contributed by atoms with E-state index < -0.39 is 18.4 Å². The molecule has 1 heterocycles. The van der Waals surface area contributed by atoms with Crippen LogP contribution in [-0.4, -0.2) is 17.4 Å². The summed E-state index contributed by atoms with van der Waals surface area (Å²) >= 11 is 1.57. The molecule has 5 heteroatoms. The Morgan fingerprint density at radius 2 is 2.08 bits per heavy atom. The molecule has 2 rings (SSSR count). The number of ether oxygens (including phenoxy) is 1. The molecule has 1 aromatic rings. The zero-order chi connectivity index (χ0) is 18.8. The van der Waals surface area contributed by atoms with Crippen LogP contribution in [0.5, 0.6) is 0 Å². The highest BCUT2D eigenvalue weighted by Crippen LogP contribution is 2.44. The van der Waals surface area contributed by atoms with Gasteiger partial charge in [-0.25, -0.2) is 9.18 Å². The van der Waals surface area contributed by atoms with Gasteiger partial charge in [0.05, 0.1) is 0 Å². The standard InChI is InChI=1S/C20H29FO3S/c1-6-7-15(21)24-18(19(22)23)17-13(3)25-12(2)16(17)14-8-10-20(4,5)11-9-14/h8,15,18H,6-7,9-11H2,1-5H3,(H,22,23). The number of thiophene rings is 1. The van der Waals surface area contributed by atoms with E-state index in [2.05, 4.69) is 19.9 Å². The first-order chi connectivity index (χ1) is 11.7. The van der Waals surface area contributed by atoms with Gasteiger partial charge in [-0.3, -0.25) is 0 Å². The Bertz CT molecular complexity index is 660. The number of halogens is 1. The average Bonchev–Trinajstić information content (AvgIpc) is 2.79. The lowest BCUT2D eigenvalue weighted by Crippen LogP contribution is -2.22. The minimum absolute atomic E-state index is 0.207. The van der Waals surface area contributed by atoms with Gasteiger partial charge in [0.25, 0.3) is 0 Å². The molecule has 0 amide bonds. The van der Waals surface area contributed by atoms with Gasteiger partial charge < -0.3 is 9.84 Å². The van der Waals surface area contributed by atoms with E-state index in [-0.39, 0.29) is 11.8 Å². The number of alkyl halides is 1. The topological polar surface area (TPSA) is 46.5 Å². The number of allylic oxidation sites excluding steroid dienone is 2. The molecule has 1 aliphatic rings. The minimum Gasteiger partial charge on any atom is -0.479 e. The fourth-order valence-corrected chi connectivity index (χ4v) is 4.53. The normalized spacial score (nSPS) is 19.4. The van der Waals surface area contributed by atoms with Crippen LogP contribution in [0.25, 0.3) is 5.57 Å². The lowest BCUT2D eigenvalue weighted by atomic mass is 9.76. The van der Waals surface area contributed by atoms with Gasteiger partial charge in [-0.05, 0) is 49.7 Å².